The molecule has 90 valence electrons. The topological polar surface area (TPSA) is 22.1 Å². The zero-order valence-electron chi connectivity index (χ0n) is 9.68. The maximum Gasteiger partial charge on any atom is 0.132 e. The molecule has 0 radical (unpaired) electrons. The van der Waals surface area contributed by atoms with Gasteiger partial charge in [-0.15, -0.1) is 11.3 Å². The van der Waals surface area contributed by atoms with Crippen LogP contribution in [-0.4, -0.2) is 4.98 Å². The van der Waals surface area contributed by atoms with Gasteiger partial charge >= 0.3 is 0 Å². The molecule has 0 atom stereocenters. The zero-order chi connectivity index (χ0) is 12.5. The molecule has 0 aliphatic carbocycles. The number of nitrogens with zero attached hydrogens (tertiary/aromatic N) is 1. The molecule has 0 unspecified atom stereocenters. The minimum Gasteiger partial charge on any atom is -0.457 e. The van der Waals surface area contributed by atoms with Gasteiger partial charge in [0.25, 0.3) is 0 Å². The van der Waals surface area contributed by atoms with Crippen LogP contribution in [0.4, 0.5) is 0 Å². The van der Waals surface area contributed by atoms with Gasteiger partial charge in [0.15, 0.2) is 0 Å². The van der Waals surface area contributed by atoms with Crippen LogP contribution in [0.25, 0.3) is 10.1 Å². The normalized spacial score (nSPS) is 10.8. The molecule has 0 fully saturated rings. The number of pyridine rings is 1. The Morgan fingerprint density at radius 3 is 2.78 bits per heavy atom. The van der Waals surface area contributed by atoms with Gasteiger partial charge in [0.05, 0.1) is 0 Å². The summed E-state index contributed by atoms with van der Waals surface area (Å²) >= 11 is 7.60. The van der Waals surface area contributed by atoms with E-state index in [2.05, 4.69) is 24.0 Å². The van der Waals surface area contributed by atoms with Crippen LogP contribution >= 0.6 is 22.9 Å². The molecule has 0 saturated carbocycles. The van der Waals surface area contributed by atoms with E-state index < -0.39 is 0 Å². The Hall–Kier alpha value is -1.58. The second-order valence-corrected chi connectivity index (χ2v) is 5.65. The summed E-state index contributed by atoms with van der Waals surface area (Å²) in [6.07, 6.45) is 1.63. The molecule has 3 rings (SSSR count). The Balaban J connectivity index is 1.94. The lowest BCUT2D eigenvalue weighted by atomic mass is 10.2. The van der Waals surface area contributed by atoms with Crippen LogP contribution in [0.5, 0.6) is 11.5 Å². The number of hydrogen-bond donors (Lipinski definition) is 0. The van der Waals surface area contributed by atoms with Gasteiger partial charge in [0.2, 0.25) is 0 Å². The smallest absolute Gasteiger partial charge is 0.132 e. The lowest BCUT2D eigenvalue weighted by Gasteiger charge is -2.05. The van der Waals surface area contributed by atoms with Gasteiger partial charge in [0, 0.05) is 21.8 Å². The maximum absolute atomic E-state index is 5.82. The first-order chi connectivity index (χ1) is 8.70. The number of aromatic nitrogens is 1. The van der Waals surface area contributed by atoms with Crippen molar-refractivity contribution in [2.45, 2.75) is 6.92 Å². The molecule has 0 N–H and O–H groups in total. The SMILES string of the molecule is Cc1cc2cc(Oc3ccnc(Cl)c3)ccc2s1. The molecule has 2 nitrogen and oxygen atoms in total. The quantitative estimate of drug-likeness (QED) is 0.611. The lowest BCUT2D eigenvalue weighted by molar-refractivity contribution is 0.483. The van der Waals surface area contributed by atoms with Crippen molar-refractivity contribution in [2.75, 3.05) is 0 Å². The number of fused-ring (bicyclic) bond motifs is 1. The van der Waals surface area contributed by atoms with E-state index in [4.69, 9.17) is 16.3 Å². The summed E-state index contributed by atoms with van der Waals surface area (Å²) in [6.45, 7) is 2.10. The third-order valence-corrected chi connectivity index (χ3v) is 3.78. The van der Waals surface area contributed by atoms with E-state index in [1.807, 2.05) is 12.1 Å². The summed E-state index contributed by atoms with van der Waals surface area (Å²) in [5, 5.41) is 1.63. The molecule has 1 aromatic carbocycles. The number of ether oxygens (including phenoxy) is 1. The lowest BCUT2D eigenvalue weighted by Crippen LogP contribution is -1.84. The van der Waals surface area contributed by atoms with E-state index in [0.29, 0.717) is 10.9 Å². The molecule has 0 saturated heterocycles. The summed E-state index contributed by atoms with van der Waals surface area (Å²) in [5.74, 6) is 1.50. The van der Waals surface area contributed by atoms with Crippen LogP contribution in [0.15, 0.2) is 42.6 Å². The van der Waals surface area contributed by atoms with Crippen molar-refractivity contribution in [3.8, 4) is 11.5 Å². The van der Waals surface area contributed by atoms with Gasteiger partial charge in [-0.05, 0) is 42.6 Å². The highest BCUT2D eigenvalue weighted by molar-refractivity contribution is 7.19. The molecule has 3 aromatic rings. The molecule has 0 spiro atoms. The van der Waals surface area contributed by atoms with Crippen LogP contribution < -0.4 is 4.74 Å². The number of hydrogen-bond acceptors (Lipinski definition) is 3. The molecule has 0 aliphatic heterocycles. The number of thiophene rings is 1. The number of halogens is 1. The highest BCUT2D eigenvalue weighted by atomic mass is 35.5. The van der Waals surface area contributed by atoms with Gasteiger partial charge in [0.1, 0.15) is 16.7 Å². The molecule has 18 heavy (non-hydrogen) atoms. The predicted molar refractivity (Wildman–Crippen MR) is 75.9 cm³/mol. The van der Waals surface area contributed by atoms with Crippen molar-refractivity contribution in [3.63, 3.8) is 0 Å². The van der Waals surface area contributed by atoms with E-state index in [0.717, 1.165) is 5.75 Å². The van der Waals surface area contributed by atoms with Crippen LogP contribution in [0.1, 0.15) is 4.88 Å². The van der Waals surface area contributed by atoms with Crippen molar-refractivity contribution in [1.29, 1.82) is 0 Å². The molecular formula is C14H10ClNOS. The Morgan fingerprint density at radius 2 is 1.94 bits per heavy atom. The monoisotopic (exact) mass is 275 g/mol. The van der Waals surface area contributed by atoms with Crippen molar-refractivity contribution in [3.05, 3.63) is 52.6 Å². The second-order valence-electron chi connectivity index (χ2n) is 3.97. The van der Waals surface area contributed by atoms with Gasteiger partial charge < -0.3 is 4.74 Å². The average molecular weight is 276 g/mol. The molecular weight excluding hydrogens is 266 g/mol. The first-order valence-electron chi connectivity index (χ1n) is 5.50. The molecule has 0 aliphatic rings. The third-order valence-electron chi connectivity index (χ3n) is 2.54. The molecule has 0 amide bonds. The first kappa shape index (κ1) is 11.5. The van der Waals surface area contributed by atoms with E-state index in [1.165, 1.54) is 15.0 Å². The maximum atomic E-state index is 5.82. The van der Waals surface area contributed by atoms with Gasteiger partial charge in [-0.25, -0.2) is 4.98 Å². The Morgan fingerprint density at radius 1 is 1.11 bits per heavy atom. The fourth-order valence-corrected chi connectivity index (χ4v) is 2.87. The molecule has 2 aromatic heterocycles. The van der Waals surface area contributed by atoms with Gasteiger partial charge in [-0.1, -0.05) is 11.6 Å². The standard InChI is InChI=1S/C14H10ClNOS/c1-9-6-10-7-11(2-3-13(10)18-9)17-12-4-5-16-14(15)8-12/h2-8H,1H3. The van der Waals surface area contributed by atoms with E-state index >= 15 is 0 Å². The Kier molecular flexibility index (Phi) is 2.94. The first-order valence-corrected chi connectivity index (χ1v) is 6.70. The Labute approximate surface area is 114 Å². The van der Waals surface area contributed by atoms with Crippen molar-refractivity contribution in [1.82, 2.24) is 4.98 Å². The number of rotatable bonds is 2. The molecule has 4 heteroatoms. The number of aryl methyl sites for hydroxylation is 1. The Bertz CT molecular complexity index is 708. The van der Waals surface area contributed by atoms with E-state index in [1.54, 1.807) is 29.7 Å². The summed E-state index contributed by atoms with van der Waals surface area (Å²) in [7, 11) is 0. The van der Waals surface area contributed by atoms with E-state index in [-0.39, 0.29) is 0 Å². The summed E-state index contributed by atoms with van der Waals surface area (Å²) in [4.78, 5) is 5.22. The fourth-order valence-electron chi connectivity index (χ4n) is 1.80. The van der Waals surface area contributed by atoms with Crippen LogP contribution in [0, 0.1) is 6.92 Å². The van der Waals surface area contributed by atoms with Crippen molar-refractivity contribution >= 4 is 33.0 Å². The minimum absolute atomic E-state index is 0.431. The van der Waals surface area contributed by atoms with E-state index in [9.17, 15) is 0 Å². The summed E-state index contributed by atoms with van der Waals surface area (Å²) < 4.78 is 7.03. The highest BCUT2D eigenvalue weighted by Gasteiger charge is 2.02. The van der Waals surface area contributed by atoms with Crippen LogP contribution in [0.3, 0.4) is 0 Å². The summed E-state index contributed by atoms with van der Waals surface area (Å²) in [6, 6.07) is 11.7. The van der Waals surface area contributed by atoms with Crippen LogP contribution in [0.2, 0.25) is 5.15 Å². The highest BCUT2D eigenvalue weighted by Crippen LogP contribution is 2.30. The average Bonchev–Trinajstić information content (AvgIpc) is 2.68. The second kappa shape index (κ2) is 4.59. The van der Waals surface area contributed by atoms with Crippen LogP contribution in [-0.2, 0) is 0 Å². The minimum atomic E-state index is 0.431. The fraction of sp³-hybridized carbons (Fsp3) is 0.0714. The number of benzene rings is 1. The van der Waals surface area contributed by atoms with Crippen molar-refractivity contribution in [2.24, 2.45) is 0 Å². The van der Waals surface area contributed by atoms with Gasteiger partial charge in [-0.2, -0.15) is 0 Å². The van der Waals surface area contributed by atoms with Gasteiger partial charge in [-0.3, -0.25) is 0 Å². The summed E-state index contributed by atoms with van der Waals surface area (Å²) in [5.41, 5.74) is 0. The van der Waals surface area contributed by atoms with Crippen molar-refractivity contribution < 1.29 is 4.74 Å². The largest absolute Gasteiger partial charge is 0.457 e. The predicted octanol–water partition coefficient (Wildman–Crippen LogP) is 5.05. The zero-order valence-corrected chi connectivity index (χ0v) is 11.3. The molecule has 2 heterocycles. The third kappa shape index (κ3) is 2.33. The molecule has 0 bridgehead atoms.